The van der Waals surface area contributed by atoms with Crippen molar-refractivity contribution in [3.63, 3.8) is 0 Å². The zero-order valence-corrected chi connectivity index (χ0v) is 10.2. The summed E-state index contributed by atoms with van der Waals surface area (Å²) >= 11 is 6.04. The normalized spacial score (nSPS) is 11.0. The van der Waals surface area contributed by atoms with Crippen LogP contribution in [0.5, 0.6) is 0 Å². The fourth-order valence-corrected chi connectivity index (χ4v) is 2.02. The standard InChI is InChI=1S/C14H10ClNO2/c15-11-5-6-16-12-7-13(18-14(11)12)10-3-1-9(8-17)2-4-10/h1-7,17H,8H2. The molecule has 0 fully saturated rings. The maximum Gasteiger partial charge on any atom is 0.171 e. The Morgan fingerprint density at radius 2 is 1.94 bits per heavy atom. The minimum Gasteiger partial charge on any atom is -0.453 e. The Morgan fingerprint density at radius 1 is 1.17 bits per heavy atom. The van der Waals surface area contributed by atoms with Crippen LogP contribution in [0.25, 0.3) is 22.4 Å². The lowest BCUT2D eigenvalue weighted by molar-refractivity contribution is 0.282. The number of pyridine rings is 1. The number of aromatic nitrogens is 1. The van der Waals surface area contributed by atoms with Gasteiger partial charge in [-0.1, -0.05) is 35.9 Å². The van der Waals surface area contributed by atoms with Crippen molar-refractivity contribution in [2.45, 2.75) is 6.61 Å². The van der Waals surface area contributed by atoms with Crippen LogP contribution < -0.4 is 0 Å². The maximum atomic E-state index is 9.00. The molecule has 2 heterocycles. The van der Waals surface area contributed by atoms with E-state index in [9.17, 15) is 0 Å². The summed E-state index contributed by atoms with van der Waals surface area (Å²) in [6.45, 7) is 0.0355. The molecule has 0 atom stereocenters. The Labute approximate surface area is 109 Å². The minimum atomic E-state index is 0.0355. The summed E-state index contributed by atoms with van der Waals surface area (Å²) < 4.78 is 5.70. The molecule has 90 valence electrons. The largest absolute Gasteiger partial charge is 0.453 e. The number of hydrogen-bond donors (Lipinski definition) is 1. The van der Waals surface area contributed by atoms with Crippen LogP contribution in [-0.4, -0.2) is 10.1 Å². The third-order valence-electron chi connectivity index (χ3n) is 2.78. The van der Waals surface area contributed by atoms with Crippen molar-refractivity contribution in [2.75, 3.05) is 0 Å². The van der Waals surface area contributed by atoms with Crippen LogP contribution in [0.1, 0.15) is 5.56 Å². The minimum absolute atomic E-state index is 0.0355. The molecule has 3 nitrogen and oxygen atoms in total. The van der Waals surface area contributed by atoms with Crippen LogP contribution in [0.15, 0.2) is 47.0 Å². The highest BCUT2D eigenvalue weighted by molar-refractivity contribution is 6.34. The summed E-state index contributed by atoms with van der Waals surface area (Å²) in [5.74, 6) is 0.718. The van der Waals surface area contributed by atoms with Gasteiger partial charge < -0.3 is 9.52 Å². The van der Waals surface area contributed by atoms with E-state index >= 15 is 0 Å². The third-order valence-corrected chi connectivity index (χ3v) is 3.08. The first-order valence-corrected chi connectivity index (χ1v) is 5.90. The van der Waals surface area contributed by atoms with Gasteiger partial charge in [-0.25, -0.2) is 0 Å². The summed E-state index contributed by atoms with van der Waals surface area (Å²) in [7, 11) is 0. The molecular formula is C14H10ClNO2. The molecule has 0 amide bonds. The van der Waals surface area contributed by atoms with E-state index in [0.29, 0.717) is 10.6 Å². The molecule has 0 spiro atoms. The Balaban J connectivity index is 2.10. The predicted octanol–water partition coefficient (Wildman–Crippen LogP) is 3.64. The molecule has 0 radical (unpaired) electrons. The summed E-state index contributed by atoms with van der Waals surface area (Å²) in [6.07, 6.45) is 1.65. The van der Waals surface area contributed by atoms with E-state index in [1.807, 2.05) is 30.3 Å². The molecule has 4 heteroatoms. The van der Waals surface area contributed by atoms with Crippen molar-refractivity contribution in [1.29, 1.82) is 0 Å². The average molecular weight is 260 g/mol. The highest BCUT2D eigenvalue weighted by atomic mass is 35.5. The molecule has 3 rings (SSSR count). The van der Waals surface area contributed by atoms with Gasteiger partial charge in [0.2, 0.25) is 0 Å². The number of rotatable bonds is 2. The molecule has 0 saturated heterocycles. The van der Waals surface area contributed by atoms with Crippen molar-refractivity contribution in [3.8, 4) is 11.3 Å². The monoisotopic (exact) mass is 259 g/mol. The molecule has 0 aliphatic rings. The van der Waals surface area contributed by atoms with Gasteiger partial charge in [0.05, 0.1) is 11.6 Å². The van der Waals surface area contributed by atoms with Gasteiger partial charge in [-0.05, 0) is 11.6 Å². The van der Waals surface area contributed by atoms with Crippen molar-refractivity contribution in [3.05, 3.63) is 53.2 Å². The first-order valence-electron chi connectivity index (χ1n) is 5.52. The summed E-state index contributed by atoms with van der Waals surface area (Å²) in [5, 5.41) is 9.55. The topological polar surface area (TPSA) is 46.3 Å². The fraction of sp³-hybridized carbons (Fsp3) is 0.0714. The Bertz CT molecular complexity index is 689. The molecule has 0 unspecified atom stereocenters. The van der Waals surface area contributed by atoms with E-state index in [0.717, 1.165) is 22.4 Å². The molecule has 0 aliphatic heterocycles. The molecule has 3 aromatic rings. The molecule has 0 saturated carbocycles. The lowest BCUT2D eigenvalue weighted by Gasteiger charge is -1.98. The van der Waals surface area contributed by atoms with Crippen LogP contribution in [0.2, 0.25) is 5.02 Å². The number of benzene rings is 1. The molecule has 1 N–H and O–H groups in total. The van der Waals surface area contributed by atoms with E-state index in [-0.39, 0.29) is 6.61 Å². The molecule has 0 aliphatic carbocycles. The number of nitrogens with zero attached hydrogens (tertiary/aromatic N) is 1. The average Bonchev–Trinajstić information content (AvgIpc) is 2.84. The third kappa shape index (κ3) is 1.88. The van der Waals surface area contributed by atoms with Crippen LogP contribution >= 0.6 is 11.6 Å². The molecule has 1 aromatic carbocycles. The Morgan fingerprint density at radius 3 is 2.61 bits per heavy atom. The van der Waals surface area contributed by atoms with Crippen LogP contribution in [-0.2, 0) is 6.61 Å². The van der Waals surface area contributed by atoms with Gasteiger partial charge in [-0.2, -0.15) is 0 Å². The summed E-state index contributed by atoms with van der Waals surface area (Å²) in [4.78, 5) is 4.20. The van der Waals surface area contributed by atoms with Gasteiger partial charge in [0.1, 0.15) is 11.3 Å². The fourth-order valence-electron chi connectivity index (χ4n) is 1.82. The van der Waals surface area contributed by atoms with Gasteiger partial charge in [-0.3, -0.25) is 4.98 Å². The van der Waals surface area contributed by atoms with Crippen molar-refractivity contribution >= 4 is 22.7 Å². The molecule has 2 aromatic heterocycles. The second-order valence-electron chi connectivity index (χ2n) is 3.97. The lowest BCUT2D eigenvalue weighted by Crippen LogP contribution is -1.81. The quantitative estimate of drug-likeness (QED) is 0.764. The maximum absolute atomic E-state index is 9.00. The van der Waals surface area contributed by atoms with E-state index in [2.05, 4.69) is 4.98 Å². The van der Waals surface area contributed by atoms with Crippen LogP contribution in [0, 0.1) is 0 Å². The number of aliphatic hydroxyl groups is 1. The van der Waals surface area contributed by atoms with Crippen molar-refractivity contribution in [1.82, 2.24) is 4.98 Å². The van der Waals surface area contributed by atoms with Crippen molar-refractivity contribution < 1.29 is 9.52 Å². The number of fused-ring (bicyclic) bond motifs is 1. The molecular weight excluding hydrogens is 250 g/mol. The Kier molecular flexibility index (Phi) is 2.78. The van der Waals surface area contributed by atoms with Crippen LogP contribution in [0.4, 0.5) is 0 Å². The lowest BCUT2D eigenvalue weighted by atomic mass is 10.1. The number of hydrogen-bond acceptors (Lipinski definition) is 3. The number of aliphatic hydroxyl groups excluding tert-OH is 1. The number of halogens is 1. The molecule has 0 bridgehead atoms. The SMILES string of the molecule is OCc1ccc(-c2cc3nccc(Cl)c3o2)cc1. The first-order chi connectivity index (χ1) is 8.78. The number of furan rings is 1. The van der Waals surface area contributed by atoms with Crippen molar-refractivity contribution in [2.24, 2.45) is 0 Å². The van der Waals surface area contributed by atoms with E-state index in [1.54, 1.807) is 12.3 Å². The predicted molar refractivity (Wildman–Crippen MR) is 70.4 cm³/mol. The van der Waals surface area contributed by atoms with Gasteiger partial charge in [0.15, 0.2) is 5.58 Å². The van der Waals surface area contributed by atoms with Gasteiger partial charge in [0, 0.05) is 17.8 Å². The van der Waals surface area contributed by atoms with Gasteiger partial charge >= 0.3 is 0 Å². The Hall–Kier alpha value is -1.84. The molecule has 18 heavy (non-hydrogen) atoms. The highest BCUT2D eigenvalue weighted by Gasteiger charge is 2.09. The second-order valence-corrected chi connectivity index (χ2v) is 4.38. The van der Waals surface area contributed by atoms with Crippen LogP contribution in [0.3, 0.4) is 0 Å². The first kappa shape index (κ1) is 11.3. The second kappa shape index (κ2) is 4.44. The smallest absolute Gasteiger partial charge is 0.171 e. The van der Waals surface area contributed by atoms with E-state index in [4.69, 9.17) is 21.1 Å². The van der Waals surface area contributed by atoms with E-state index in [1.165, 1.54) is 0 Å². The highest BCUT2D eigenvalue weighted by Crippen LogP contribution is 2.30. The van der Waals surface area contributed by atoms with E-state index < -0.39 is 0 Å². The zero-order valence-electron chi connectivity index (χ0n) is 9.43. The van der Waals surface area contributed by atoms with Gasteiger partial charge in [0.25, 0.3) is 0 Å². The summed E-state index contributed by atoms with van der Waals surface area (Å²) in [5.41, 5.74) is 3.14. The summed E-state index contributed by atoms with van der Waals surface area (Å²) in [6, 6.07) is 11.1. The van der Waals surface area contributed by atoms with Gasteiger partial charge in [-0.15, -0.1) is 0 Å². The zero-order chi connectivity index (χ0) is 12.5.